The Bertz CT molecular complexity index is 1310. The third-order valence-electron chi connectivity index (χ3n) is 5.64. The number of ketones is 1. The van der Waals surface area contributed by atoms with Crippen molar-refractivity contribution in [1.82, 2.24) is 0 Å². The number of rotatable bonds is 6. The molecule has 3 aromatic rings. The molecule has 0 radical (unpaired) electrons. The number of Topliss-reactive ketones (excluding diaryl/α,β-unsaturated/α-hetero) is 1. The molecule has 0 fully saturated rings. The fraction of sp³-hybridized carbons (Fsp3) is 0.231. The number of thiophene rings is 1. The summed E-state index contributed by atoms with van der Waals surface area (Å²) in [6, 6.07) is 12.2. The first-order valence-corrected chi connectivity index (χ1v) is 11.6. The van der Waals surface area contributed by atoms with E-state index in [1.54, 1.807) is 12.1 Å². The number of ether oxygens (including phenoxy) is 2. The number of allylic oxidation sites excluding steroid dienone is 1. The van der Waals surface area contributed by atoms with Crippen molar-refractivity contribution < 1.29 is 32.2 Å². The summed E-state index contributed by atoms with van der Waals surface area (Å²) >= 11 is 1.11. The number of anilines is 2. The van der Waals surface area contributed by atoms with Gasteiger partial charge in [0.1, 0.15) is 16.9 Å². The monoisotopic (exact) mass is 501 g/mol. The summed E-state index contributed by atoms with van der Waals surface area (Å²) in [6.45, 7) is 3.00. The number of hydrogen-bond donors (Lipinski definition) is 0. The maximum Gasteiger partial charge on any atom is 0.416 e. The molecule has 5 nitrogen and oxygen atoms in total. The molecule has 0 spiro atoms. The smallest absolute Gasteiger partial charge is 0.416 e. The average Bonchev–Trinajstić information content (AvgIpc) is 3.25. The molecule has 0 aliphatic carbocycles. The summed E-state index contributed by atoms with van der Waals surface area (Å²) in [5.41, 5.74) is 1.53. The quantitative estimate of drug-likeness (QED) is 0.266. The summed E-state index contributed by atoms with van der Waals surface area (Å²) in [7, 11) is 1.23. The SMILES string of the molecule is COC(=O)c1sc(N2C=CCc3cc(C(C)=O)ccc32)cc1O[C@H](C)c1ccccc1C(F)(F)F. The Kier molecular flexibility index (Phi) is 6.71. The lowest BCUT2D eigenvalue weighted by molar-refractivity contribution is -0.139. The van der Waals surface area contributed by atoms with Crippen LogP contribution in [0.25, 0.3) is 0 Å². The largest absolute Gasteiger partial charge is 0.484 e. The van der Waals surface area contributed by atoms with E-state index in [1.807, 2.05) is 29.3 Å². The minimum absolute atomic E-state index is 0.0384. The van der Waals surface area contributed by atoms with Crippen LogP contribution in [0.15, 0.2) is 60.8 Å². The predicted octanol–water partition coefficient (Wildman–Crippen LogP) is 7.10. The molecule has 1 aromatic heterocycles. The van der Waals surface area contributed by atoms with Gasteiger partial charge in [-0.15, -0.1) is 11.3 Å². The van der Waals surface area contributed by atoms with E-state index in [2.05, 4.69) is 0 Å². The van der Waals surface area contributed by atoms with Crippen LogP contribution in [0.5, 0.6) is 5.75 Å². The number of methoxy groups -OCH3 is 1. The van der Waals surface area contributed by atoms with E-state index < -0.39 is 23.8 Å². The van der Waals surface area contributed by atoms with Gasteiger partial charge in [0, 0.05) is 29.1 Å². The third-order valence-corrected chi connectivity index (χ3v) is 6.73. The first-order chi connectivity index (χ1) is 16.6. The maximum atomic E-state index is 13.5. The highest BCUT2D eigenvalue weighted by Crippen LogP contribution is 2.44. The first-order valence-electron chi connectivity index (χ1n) is 10.7. The zero-order chi connectivity index (χ0) is 25.3. The molecule has 1 aliphatic rings. The molecule has 0 unspecified atom stereocenters. The number of alkyl halides is 3. The molecule has 4 rings (SSSR count). The molecular formula is C26H22F3NO4S. The van der Waals surface area contributed by atoms with Gasteiger partial charge in [-0.1, -0.05) is 24.3 Å². The molecule has 9 heteroatoms. The van der Waals surface area contributed by atoms with E-state index in [1.165, 1.54) is 39.2 Å². The van der Waals surface area contributed by atoms with E-state index in [9.17, 15) is 22.8 Å². The molecule has 0 saturated carbocycles. The fourth-order valence-corrected chi connectivity index (χ4v) is 4.93. The number of fused-ring (bicyclic) bond motifs is 1. The van der Waals surface area contributed by atoms with Crippen LogP contribution >= 0.6 is 11.3 Å². The average molecular weight is 502 g/mol. The molecule has 2 heterocycles. The van der Waals surface area contributed by atoms with Crippen LogP contribution in [0.3, 0.4) is 0 Å². The third kappa shape index (κ3) is 4.95. The Morgan fingerprint density at radius 2 is 1.86 bits per heavy atom. The van der Waals surface area contributed by atoms with Crippen molar-refractivity contribution in [2.75, 3.05) is 12.0 Å². The first kappa shape index (κ1) is 24.5. The van der Waals surface area contributed by atoms with Gasteiger partial charge in [-0.2, -0.15) is 13.2 Å². The molecule has 0 amide bonds. The Labute approximate surface area is 204 Å². The molecule has 0 saturated heterocycles. The standard InChI is InChI=1S/C26H22F3NO4S/c1-15(31)17-10-11-21-18(13-17)7-6-12-30(21)23-14-22(24(35-23)25(32)33-3)34-16(2)19-8-4-5-9-20(19)26(27,28)29/h4-6,8-14,16H,7H2,1-3H3/t16-/m1/s1. The number of nitrogens with zero attached hydrogens (tertiary/aromatic N) is 1. The number of halogens is 3. The van der Waals surface area contributed by atoms with Crippen LogP contribution in [0, 0.1) is 0 Å². The van der Waals surface area contributed by atoms with Gasteiger partial charge in [0.05, 0.1) is 12.7 Å². The van der Waals surface area contributed by atoms with Crippen molar-refractivity contribution in [3.63, 3.8) is 0 Å². The van der Waals surface area contributed by atoms with Gasteiger partial charge in [-0.3, -0.25) is 4.79 Å². The lowest BCUT2D eigenvalue weighted by atomic mass is 10.0. The zero-order valence-electron chi connectivity index (χ0n) is 19.2. The van der Waals surface area contributed by atoms with Crippen LogP contribution in [0.4, 0.5) is 23.9 Å². The van der Waals surface area contributed by atoms with Gasteiger partial charge in [0.25, 0.3) is 0 Å². The molecule has 182 valence electrons. The molecule has 2 aromatic carbocycles. The number of carbonyl (C=O) groups excluding carboxylic acids is 2. The number of benzene rings is 2. The molecular weight excluding hydrogens is 479 g/mol. The predicted molar refractivity (Wildman–Crippen MR) is 128 cm³/mol. The van der Waals surface area contributed by atoms with Crippen molar-refractivity contribution in [2.24, 2.45) is 0 Å². The second kappa shape index (κ2) is 9.58. The number of esters is 1. The lowest BCUT2D eigenvalue weighted by Gasteiger charge is -2.25. The summed E-state index contributed by atoms with van der Waals surface area (Å²) in [6.07, 6.45) is -1.13. The highest BCUT2D eigenvalue weighted by molar-refractivity contribution is 7.18. The van der Waals surface area contributed by atoms with Crippen LogP contribution in [0.2, 0.25) is 0 Å². The van der Waals surface area contributed by atoms with E-state index in [0.29, 0.717) is 17.0 Å². The second-order valence-electron chi connectivity index (χ2n) is 7.97. The van der Waals surface area contributed by atoms with Crippen LogP contribution in [-0.4, -0.2) is 18.9 Å². The second-order valence-corrected chi connectivity index (χ2v) is 9.00. The van der Waals surface area contributed by atoms with Gasteiger partial charge in [0.2, 0.25) is 0 Å². The highest BCUT2D eigenvalue weighted by atomic mass is 32.1. The van der Waals surface area contributed by atoms with E-state index in [0.717, 1.165) is 28.7 Å². The summed E-state index contributed by atoms with van der Waals surface area (Å²) in [5.74, 6) is -0.565. The molecule has 1 aliphatic heterocycles. The van der Waals surface area contributed by atoms with Crippen LogP contribution in [0.1, 0.15) is 56.7 Å². The van der Waals surface area contributed by atoms with Crippen molar-refractivity contribution in [2.45, 2.75) is 32.5 Å². The fourth-order valence-electron chi connectivity index (χ4n) is 3.93. The maximum absolute atomic E-state index is 13.5. The van der Waals surface area contributed by atoms with Crippen molar-refractivity contribution in [3.05, 3.63) is 87.9 Å². The van der Waals surface area contributed by atoms with Gasteiger partial charge >= 0.3 is 12.1 Å². The Balaban J connectivity index is 1.72. The summed E-state index contributed by atoms with van der Waals surface area (Å²) in [5, 5.41) is 0.615. The summed E-state index contributed by atoms with van der Waals surface area (Å²) < 4.78 is 51.3. The van der Waals surface area contributed by atoms with Gasteiger partial charge in [-0.05, 0) is 50.1 Å². The lowest BCUT2D eigenvalue weighted by Crippen LogP contribution is -2.14. The Morgan fingerprint density at radius 3 is 2.54 bits per heavy atom. The van der Waals surface area contributed by atoms with E-state index in [-0.39, 0.29) is 22.0 Å². The van der Waals surface area contributed by atoms with E-state index >= 15 is 0 Å². The van der Waals surface area contributed by atoms with E-state index in [4.69, 9.17) is 9.47 Å². The Morgan fingerprint density at radius 1 is 1.11 bits per heavy atom. The van der Waals surface area contributed by atoms with Crippen LogP contribution in [-0.2, 0) is 17.3 Å². The molecule has 1 atom stereocenters. The highest BCUT2D eigenvalue weighted by Gasteiger charge is 2.35. The minimum Gasteiger partial charge on any atom is -0.484 e. The Hall–Kier alpha value is -3.59. The molecule has 0 bridgehead atoms. The van der Waals surface area contributed by atoms with Crippen molar-refractivity contribution >= 4 is 33.8 Å². The summed E-state index contributed by atoms with van der Waals surface area (Å²) in [4.78, 5) is 26.3. The van der Waals surface area contributed by atoms with Gasteiger partial charge in [-0.25, -0.2) is 4.79 Å². The topological polar surface area (TPSA) is 55.8 Å². The molecule has 0 N–H and O–H groups in total. The minimum atomic E-state index is -4.54. The van der Waals surface area contributed by atoms with Crippen molar-refractivity contribution in [3.8, 4) is 5.75 Å². The van der Waals surface area contributed by atoms with Gasteiger partial charge < -0.3 is 14.4 Å². The zero-order valence-corrected chi connectivity index (χ0v) is 20.0. The normalized spacial score (nSPS) is 13.8. The van der Waals surface area contributed by atoms with Crippen LogP contribution < -0.4 is 9.64 Å². The number of hydrogen-bond acceptors (Lipinski definition) is 6. The van der Waals surface area contributed by atoms with Crippen molar-refractivity contribution in [1.29, 1.82) is 0 Å². The number of carbonyl (C=O) groups is 2. The van der Waals surface area contributed by atoms with Gasteiger partial charge in [0.15, 0.2) is 10.7 Å². The molecule has 35 heavy (non-hydrogen) atoms.